The number of nitrogens with two attached hydrogens (primary N) is 1. The highest BCUT2D eigenvalue weighted by molar-refractivity contribution is 7.89. The summed E-state index contributed by atoms with van der Waals surface area (Å²) in [5.41, 5.74) is 6.86. The summed E-state index contributed by atoms with van der Waals surface area (Å²) in [6.45, 7) is 6.04. The van der Waals surface area contributed by atoms with Gasteiger partial charge >= 0.3 is 0 Å². The van der Waals surface area contributed by atoms with Gasteiger partial charge in [0.2, 0.25) is 10.0 Å². The van der Waals surface area contributed by atoms with Crippen molar-refractivity contribution in [3.63, 3.8) is 0 Å². The first kappa shape index (κ1) is 17.9. The van der Waals surface area contributed by atoms with Crippen LogP contribution in [0.3, 0.4) is 0 Å². The lowest BCUT2D eigenvalue weighted by Crippen LogP contribution is -2.39. The molecule has 4 N–H and O–H groups in total. The molecule has 0 atom stereocenters. The van der Waals surface area contributed by atoms with Crippen molar-refractivity contribution in [3.05, 3.63) is 23.8 Å². The summed E-state index contributed by atoms with van der Waals surface area (Å²) >= 11 is 0. The Morgan fingerprint density at radius 2 is 1.86 bits per heavy atom. The van der Waals surface area contributed by atoms with E-state index in [1.165, 1.54) is 6.07 Å². The first-order valence-corrected chi connectivity index (χ1v) is 8.81. The zero-order chi connectivity index (χ0) is 16.1. The van der Waals surface area contributed by atoms with Crippen LogP contribution in [0.5, 0.6) is 0 Å². The molecule has 0 heterocycles. The predicted molar refractivity (Wildman–Crippen MR) is 85.5 cm³/mol. The van der Waals surface area contributed by atoms with Crippen molar-refractivity contribution in [2.75, 3.05) is 18.9 Å². The van der Waals surface area contributed by atoms with E-state index >= 15 is 0 Å². The summed E-state index contributed by atoms with van der Waals surface area (Å²) in [6.07, 6.45) is 2.18. The van der Waals surface area contributed by atoms with E-state index in [1.807, 2.05) is 20.8 Å². The fourth-order valence-electron chi connectivity index (χ4n) is 2.17. The van der Waals surface area contributed by atoms with Gasteiger partial charge in [0.1, 0.15) is 0 Å². The molecule has 0 amide bonds. The van der Waals surface area contributed by atoms with Crippen LogP contribution in [-0.2, 0) is 16.4 Å². The molecule has 0 bridgehead atoms. The summed E-state index contributed by atoms with van der Waals surface area (Å²) < 4.78 is 27.3. The van der Waals surface area contributed by atoms with Crippen molar-refractivity contribution in [2.45, 2.75) is 44.9 Å². The standard InChI is InChI=1S/C15H26N2O3S/c1-4-12-7-8-13(9-14(12)16)21(19,20)17-10-15(5-2,6-3)11-18/h7-9,17-18H,4-6,10-11,16H2,1-3H3. The SMILES string of the molecule is CCc1ccc(S(=O)(=O)NCC(CC)(CC)CO)cc1N. The predicted octanol–water partition coefficient (Wildman–Crippen LogP) is 1.91. The third kappa shape index (κ3) is 4.18. The fraction of sp³-hybridized carbons (Fsp3) is 0.600. The van der Waals surface area contributed by atoms with Crippen LogP contribution >= 0.6 is 0 Å². The molecule has 0 saturated carbocycles. The topological polar surface area (TPSA) is 92.4 Å². The summed E-state index contributed by atoms with van der Waals surface area (Å²) in [4.78, 5) is 0.163. The Labute approximate surface area is 127 Å². The number of rotatable bonds is 8. The van der Waals surface area contributed by atoms with Gasteiger partial charge in [0.15, 0.2) is 0 Å². The monoisotopic (exact) mass is 314 g/mol. The van der Waals surface area contributed by atoms with Gasteiger partial charge in [0.05, 0.1) is 4.90 Å². The van der Waals surface area contributed by atoms with Gasteiger partial charge in [-0.2, -0.15) is 0 Å². The van der Waals surface area contributed by atoms with Gasteiger partial charge in [-0.15, -0.1) is 0 Å². The average molecular weight is 314 g/mol. The molecule has 6 heteroatoms. The molecular weight excluding hydrogens is 288 g/mol. The number of nitrogens with one attached hydrogen (secondary N) is 1. The summed E-state index contributed by atoms with van der Waals surface area (Å²) in [7, 11) is -3.61. The van der Waals surface area contributed by atoms with E-state index in [1.54, 1.807) is 12.1 Å². The maximum absolute atomic E-state index is 12.3. The molecule has 0 aliphatic heterocycles. The lowest BCUT2D eigenvalue weighted by Gasteiger charge is -2.29. The van der Waals surface area contributed by atoms with Gasteiger partial charge in [-0.25, -0.2) is 13.1 Å². The average Bonchev–Trinajstić information content (AvgIpc) is 2.49. The number of hydrogen-bond acceptors (Lipinski definition) is 4. The second kappa shape index (κ2) is 7.24. The highest BCUT2D eigenvalue weighted by Gasteiger charge is 2.28. The van der Waals surface area contributed by atoms with Gasteiger partial charge < -0.3 is 10.8 Å². The Balaban J connectivity index is 2.94. The Hall–Kier alpha value is -1.11. The van der Waals surface area contributed by atoms with Crippen LogP contribution in [0.25, 0.3) is 0 Å². The molecule has 0 unspecified atom stereocenters. The number of nitrogen functional groups attached to an aromatic ring is 1. The Morgan fingerprint density at radius 1 is 1.24 bits per heavy atom. The van der Waals surface area contributed by atoms with Crippen molar-refractivity contribution < 1.29 is 13.5 Å². The maximum atomic E-state index is 12.3. The Bertz CT molecular complexity index is 558. The number of aryl methyl sites for hydroxylation is 1. The normalized spacial score (nSPS) is 12.6. The molecule has 1 rings (SSSR count). The number of aliphatic hydroxyl groups is 1. The van der Waals surface area contributed by atoms with Crippen LogP contribution < -0.4 is 10.5 Å². The van der Waals surface area contributed by atoms with Gasteiger partial charge in [0.25, 0.3) is 0 Å². The molecule has 21 heavy (non-hydrogen) atoms. The molecular formula is C15H26N2O3S. The summed E-state index contributed by atoms with van der Waals surface area (Å²) in [5.74, 6) is 0. The minimum Gasteiger partial charge on any atom is -0.398 e. The number of aliphatic hydroxyl groups excluding tert-OH is 1. The lowest BCUT2D eigenvalue weighted by atomic mass is 9.84. The van der Waals surface area contributed by atoms with Crippen LogP contribution in [-0.4, -0.2) is 26.7 Å². The van der Waals surface area contributed by atoms with E-state index in [2.05, 4.69) is 4.72 Å². The van der Waals surface area contributed by atoms with E-state index in [0.717, 1.165) is 12.0 Å². The molecule has 120 valence electrons. The largest absolute Gasteiger partial charge is 0.398 e. The zero-order valence-electron chi connectivity index (χ0n) is 13.0. The van der Waals surface area contributed by atoms with E-state index in [0.29, 0.717) is 18.5 Å². The van der Waals surface area contributed by atoms with Crippen molar-refractivity contribution in [3.8, 4) is 0 Å². The summed E-state index contributed by atoms with van der Waals surface area (Å²) in [6, 6.07) is 4.79. The first-order valence-electron chi connectivity index (χ1n) is 7.33. The first-order chi connectivity index (χ1) is 9.84. The van der Waals surface area contributed by atoms with Gasteiger partial charge in [-0.1, -0.05) is 26.8 Å². The molecule has 0 spiro atoms. The Morgan fingerprint density at radius 3 is 2.29 bits per heavy atom. The van der Waals surface area contributed by atoms with Crippen molar-refractivity contribution in [2.24, 2.45) is 5.41 Å². The smallest absolute Gasteiger partial charge is 0.240 e. The third-order valence-corrected chi connectivity index (χ3v) is 5.68. The molecule has 0 saturated heterocycles. The van der Waals surface area contributed by atoms with Gasteiger partial charge in [-0.05, 0) is 37.0 Å². The lowest BCUT2D eigenvalue weighted by molar-refractivity contribution is 0.119. The third-order valence-electron chi connectivity index (χ3n) is 4.28. The van der Waals surface area contributed by atoms with E-state index in [9.17, 15) is 13.5 Å². The number of anilines is 1. The number of benzene rings is 1. The van der Waals surface area contributed by atoms with Crippen molar-refractivity contribution >= 4 is 15.7 Å². The van der Waals surface area contributed by atoms with Gasteiger partial charge in [0, 0.05) is 24.3 Å². The maximum Gasteiger partial charge on any atom is 0.240 e. The van der Waals surface area contributed by atoms with E-state index < -0.39 is 15.4 Å². The number of hydrogen-bond donors (Lipinski definition) is 3. The number of sulfonamides is 1. The molecule has 5 nitrogen and oxygen atoms in total. The molecule has 1 aromatic rings. The zero-order valence-corrected chi connectivity index (χ0v) is 13.8. The van der Waals surface area contributed by atoms with Gasteiger partial charge in [-0.3, -0.25) is 0 Å². The van der Waals surface area contributed by atoms with Crippen LogP contribution in [0.1, 0.15) is 39.2 Å². The molecule has 0 aliphatic carbocycles. The van der Waals surface area contributed by atoms with E-state index in [4.69, 9.17) is 5.73 Å². The van der Waals surface area contributed by atoms with Crippen molar-refractivity contribution in [1.82, 2.24) is 4.72 Å². The minimum atomic E-state index is -3.61. The second-order valence-electron chi connectivity index (χ2n) is 5.40. The highest BCUT2D eigenvalue weighted by atomic mass is 32.2. The van der Waals surface area contributed by atoms with Crippen LogP contribution in [0, 0.1) is 5.41 Å². The van der Waals surface area contributed by atoms with Crippen molar-refractivity contribution in [1.29, 1.82) is 0 Å². The fourth-order valence-corrected chi connectivity index (χ4v) is 3.37. The van der Waals surface area contributed by atoms with Crippen LogP contribution in [0.2, 0.25) is 0 Å². The van der Waals surface area contributed by atoms with Crippen LogP contribution in [0.15, 0.2) is 23.1 Å². The van der Waals surface area contributed by atoms with Crippen LogP contribution in [0.4, 0.5) is 5.69 Å². The van der Waals surface area contributed by atoms with E-state index in [-0.39, 0.29) is 18.0 Å². The molecule has 0 aliphatic rings. The molecule has 0 fully saturated rings. The molecule has 0 radical (unpaired) electrons. The highest BCUT2D eigenvalue weighted by Crippen LogP contribution is 2.25. The quantitative estimate of drug-likeness (QED) is 0.639. The molecule has 0 aromatic heterocycles. The molecule has 1 aromatic carbocycles. The second-order valence-corrected chi connectivity index (χ2v) is 7.17. The summed E-state index contributed by atoms with van der Waals surface area (Å²) in [5, 5.41) is 9.50. The minimum absolute atomic E-state index is 0.0422. The Kier molecular flexibility index (Phi) is 6.19.